The number of hydrogen-bond acceptors (Lipinski definition) is 4. The fourth-order valence-electron chi connectivity index (χ4n) is 4.49. The Morgan fingerprint density at radius 2 is 1.73 bits per heavy atom. The van der Waals surface area contributed by atoms with Gasteiger partial charge >= 0.3 is 6.09 Å². The monoisotopic (exact) mass is 404 g/mol. The van der Waals surface area contributed by atoms with Gasteiger partial charge in [0.25, 0.3) is 0 Å². The Morgan fingerprint density at radius 3 is 2.33 bits per heavy atom. The fraction of sp³-hybridized carbons (Fsp3) is 0.391. The summed E-state index contributed by atoms with van der Waals surface area (Å²) in [5.41, 5.74) is 4.70. The molecule has 1 heterocycles. The highest BCUT2D eigenvalue weighted by atomic mass is 16.5. The first kappa shape index (κ1) is 20.5. The van der Waals surface area contributed by atoms with E-state index in [2.05, 4.69) is 29.6 Å². The van der Waals surface area contributed by atoms with Crippen molar-refractivity contribution in [3.05, 3.63) is 59.7 Å². The molecule has 0 aromatic heterocycles. The lowest BCUT2D eigenvalue weighted by Crippen LogP contribution is -2.53. The molecule has 1 saturated heterocycles. The van der Waals surface area contributed by atoms with Gasteiger partial charge in [0, 0.05) is 12.5 Å². The molecule has 30 heavy (non-hydrogen) atoms. The number of likely N-dealkylation sites (N-methyl/N-ethyl adjacent to an activating group) is 1. The minimum Gasteiger partial charge on any atom is -0.449 e. The third-order valence-electron chi connectivity index (χ3n) is 5.93. The smallest absolute Gasteiger partial charge is 0.407 e. The van der Waals surface area contributed by atoms with Gasteiger partial charge in [-0.15, -0.1) is 0 Å². The molecule has 154 valence electrons. The van der Waals surface area contributed by atoms with E-state index >= 15 is 0 Å². The van der Waals surface area contributed by atoms with E-state index in [1.54, 1.807) is 4.90 Å². The molecular weight excluding hydrogens is 379 g/mol. The predicted octanol–water partition coefficient (Wildman–Crippen LogP) is 2.73. The Morgan fingerprint density at radius 1 is 1.10 bits per heavy atom. The van der Waals surface area contributed by atoms with Crippen LogP contribution in [0.1, 0.15) is 24.0 Å². The zero-order valence-electron chi connectivity index (χ0n) is 17.0. The van der Waals surface area contributed by atoms with Crippen LogP contribution in [0.4, 0.5) is 4.79 Å². The Balaban J connectivity index is 1.41. The Hall–Kier alpha value is -2.80. The van der Waals surface area contributed by atoms with Crippen LogP contribution in [0, 0.1) is 0 Å². The van der Waals surface area contributed by atoms with Gasteiger partial charge in [0.15, 0.2) is 0 Å². The first-order valence-electron chi connectivity index (χ1n) is 10.3. The zero-order valence-corrected chi connectivity index (χ0v) is 17.0. The molecule has 6 nitrogen and oxygen atoms in total. The molecule has 2 radical (unpaired) electrons. The van der Waals surface area contributed by atoms with E-state index in [4.69, 9.17) is 17.3 Å². The van der Waals surface area contributed by atoms with Gasteiger partial charge in [-0.2, -0.15) is 0 Å². The Labute approximate surface area is 178 Å². The summed E-state index contributed by atoms with van der Waals surface area (Å²) in [4.78, 5) is 26.3. The van der Waals surface area contributed by atoms with Crippen LogP contribution in [-0.2, 0) is 14.3 Å². The lowest BCUT2D eigenvalue weighted by molar-refractivity contribution is -0.131. The van der Waals surface area contributed by atoms with E-state index in [1.807, 2.05) is 31.2 Å². The third-order valence-corrected chi connectivity index (χ3v) is 5.93. The van der Waals surface area contributed by atoms with Gasteiger partial charge in [0.2, 0.25) is 5.91 Å². The standard InChI is InChI=1S/C23H25BN2O4/c1-2-26(22(27)11-24)21-14-29-13-20(21)25-23(28)30-12-19-17-9-5-3-7-15(17)16-8-4-6-10-18(16)19/h3-10,19-21H,2,11-14H2,1H3,(H,25,28)/t20-,21-/m0/s1. The summed E-state index contributed by atoms with van der Waals surface area (Å²) in [5, 5.41) is 2.87. The molecule has 4 rings (SSSR count). The summed E-state index contributed by atoms with van der Waals surface area (Å²) in [6.07, 6.45) is -0.573. The van der Waals surface area contributed by atoms with Gasteiger partial charge in [-0.1, -0.05) is 48.5 Å². The van der Waals surface area contributed by atoms with E-state index in [0.717, 1.165) is 0 Å². The van der Waals surface area contributed by atoms with Crippen LogP contribution in [0.25, 0.3) is 11.1 Å². The van der Waals surface area contributed by atoms with E-state index in [0.29, 0.717) is 19.8 Å². The number of nitrogens with one attached hydrogen (secondary N) is 1. The minimum atomic E-state index is -0.506. The van der Waals surface area contributed by atoms with E-state index in [9.17, 15) is 9.59 Å². The van der Waals surface area contributed by atoms with Gasteiger partial charge in [-0.3, -0.25) is 4.79 Å². The van der Waals surface area contributed by atoms with Gasteiger partial charge < -0.3 is 19.7 Å². The number of fused-ring (bicyclic) bond motifs is 3. The predicted molar refractivity (Wildman–Crippen MR) is 115 cm³/mol. The maximum absolute atomic E-state index is 12.6. The van der Waals surface area contributed by atoms with Crippen molar-refractivity contribution in [2.45, 2.75) is 31.2 Å². The van der Waals surface area contributed by atoms with Gasteiger partial charge in [0.05, 0.1) is 33.1 Å². The highest BCUT2D eigenvalue weighted by Gasteiger charge is 2.36. The van der Waals surface area contributed by atoms with Gasteiger partial charge in [0.1, 0.15) is 6.61 Å². The van der Waals surface area contributed by atoms with Crippen molar-refractivity contribution in [3.8, 4) is 11.1 Å². The number of amides is 2. The summed E-state index contributed by atoms with van der Waals surface area (Å²) in [5.74, 6) is -0.155. The molecule has 1 N–H and O–H groups in total. The van der Waals surface area contributed by atoms with Crippen molar-refractivity contribution in [3.63, 3.8) is 0 Å². The summed E-state index contributed by atoms with van der Waals surface area (Å²) < 4.78 is 11.1. The number of carbonyl (C=O) groups excluding carboxylic acids is 2. The van der Waals surface area contributed by atoms with Crippen molar-refractivity contribution in [2.24, 2.45) is 0 Å². The number of carbonyl (C=O) groups is 2. The second kappa shape index (κ2) is 8.92. The normalized spacial score (nSPS) is 19.8. The largest absolute Gasteiger partial charge is 0.449 e. The van der Waals surface area contributed by atoms with Crippen molar-refractivity contribution >= 4 is 19.8 Å². The number of benzene rings is 2. The molecule has 7 heteroatoms. The molecule has 2 amide bonds. The quantitative estimate of drug-likeness (QED) is 0.752. The molecule has 1 aliphatic carbocycles. The highest BCUT2D eigenvalue weighted by Crippen LogP contribution is 2.44. The number of rotatable bonds is 6. The molecule has 1 fully saturated rings. The van der Waals surface area contributed by atoms with Gasteiger partial charge in [-0.05, 0) is 35.5 Å². The molecule has 0 unspecified atom stereocenters. The molecule has 2 aliphatic rings. The van der Waals surface area contributed by atoms with Crippen LogP contribution in [0.3, 0.4) is 0 Å². The second-order valence-electron chi connectivity index (χ2n) is 7.57. The van der Waals surface area contributed by atoms with Crippen LogP contribution in [-0.4, -0.2) is 63.2 Å². The van der Waals surface area contributed by atoms with Crippen molar-refractivity contribution < 1.29 is 19.1 Å². The summed E-state index contributed by atoms with van der Waals surface area (Å²) >= 11 is 0. The summed E-state index contributed by atoms with van der Waals surface area (Å²) in [6, 6.07) is 15.9. The first-order valence-corrected chi connectivity index (χ1v) is 10.3. The van der Waals surface area contributed by atoms with Crippen molar-refractivity contribution in [2.75, 3.05) is 26.4 Å². The topological polar surface area (TPSA) is 67.9 Å². The van der Waals surface area contributed by atoms with Crippen molar-refractivity contribution in [1.82, 2.24) is 10.2 Å². The lowest BCUT2D eigenvalue weighted by Gasteiger charge is -2.31. The van der Waals surface area contributed by atoms with Crippen LogP contribution in [0.15, 0.2) is 48.5 Å². The van der Waals surface area contributed by atoms with Crippen LogP contribution < -0.4 is 5.32 Å². The molecule has 1 aliphatic heterocycles. The Kier molecular flexibility index (Phi) is 6.09. The molecule has 0 saturated carbocycles. The Bertz CT molecular complexity index is 889. The second-order valence-corrected chi connectivity index (χ2v) is 7.57. The SMILES string of the molecule is [B]CC(=O)N(CC)[C@H]1COC[C@@H]1NC(=O)OCC1c2ccccc2-c2ccccc21. The number of nitrogens with zero attached hydrogens (tertiary/aromatic N) is 1. The molecule has 0 spiro atoms. The van der Waals surface area contributed by atoms with E-state index < -0.39 is 6.09 Å². The highest BCUT2D eigenvalue weighted by molar-refractivity contribution is 6.19. The number of alkyl carbamates (subject to hydrolysis) is 1. The van der Waals surface area contributed by atoms with Crippen LogP contribution in [0.2, 0.25) is 6.32 Å². The average molecular weight is 404 g/mol. The summed E-state index contributed by atoms with van der Waals surface area (Å²) in [7, 11) is 5.51. The van der Waals surface area contributed by atoms with E-state index in [-0.39, 0.29) is 36.8 Å². The first-order chi connectivity index (χ1) is 14.6. The zero-order chi connectivity index (χ0) is 21.1. The minimum absolute atomic E-state index is 0.00438. The summed E-state index contributed by atoms with van der Waals surface area (Å²) in [6.45, 7) is 3.34. The van der Waals surface area contributed by atoms with Crippen LogP contribution in [0.5, 0.6) is 0 Å². The molecule has 2 aromatic carbocycles. The molecule has 2 aromatic rings. The van der Waals surface area contributed by atoms with Gasteiger partial charge in [-0.25, -0.2) is 4.79 Å². The van der Waals surface area contributed by atoms with E-state index in [1.165, 1.54) is 22.3 Å². The third kappa shape index (κ3) is 3.82. The molecule has 2 atom stereocenters. The number of ether oxygens (including phenoxy) is 2. The lowest BCUT2D eigenvalue weighted by atomic mass is 9.98. The molecule has 0 bridgehead atoms. The maximum Gasteiger partial charge on any atom is 0.407 e. The average Bonchev–Trinajstić information content (AvgIpc) is 3.35. The van der Waals surface area contributed by atoms with Crippen LogP contribution >= 0.6 is 0 Å². The fourth-order valence-corrected chi connectivity index (χ4v) is 4.49. The number of hydrogen-bond donors (Lipinski definition) is 1. The van der Waals surface area contributed by atoms with Crippen molar-refractivity contribution in [1.29, 1.82) is 0 Å². The molecular formula is C23H25BN2O4. The maximum atomic E-state index is 12.6.